The Morgan fingerprint density at radius 2 is 2.10 bits per heavy atom. The molecular weight excluding hydrogens is 274 g/mol. The SMILES string of the molecule is Cc1nnsc1C(=O)N1CCN(c2cccc[nH+]2)CC1. The Morgan fingerprint density at radius 1 is 1.30 bits per heavy atom. The highest BCUT2D eigenvalue weighted by molar-refractivity contribution is 7.07. The van der Waals surface area contributed by atoms with E-state index in [9.17, 15) is 4.79 Å². The molecule has 0 aliphatic carbocycles. The third kappa shape index (κ3) is 2.49. The summed E-state index contributed by atoms with van der Waals surface area (Å²) in [6, 6.07) is 6.02. The van der Waals surface area contributed by atoms with E-state index in [0.29, 0.717) is 4.88 Å². The number of H-pyrrole nitrogens is 1. The average molecular weight is 290 g/mol. The third-order valence-electron chi connectivity index (χ3n) is 3.45. The van der Waals surface area contributed by atoms with Gasteiger partial charge in [-0.05, 0) is 24.5 Å². The molecule has 0 aromatic carbocycles. The molecule has 20 heavy (non-hydrogen) atoms. The number of piperazine rings is 1. The molecule has 1 fully saturated rings. The van der Waals surface area contributed by atoms with Gasteiger partial charge in [0.05, 0.1) is 25.0 Å². The largest absolute Gasteiger partial charge is 0.330 e. The van der Waals surface area contributed by atoms with Crippen molar-refractivity contribution >= 4 is 23.3 Å². The Labute approximate surface area is 121 Å². The number of amides is 1. The molecule has 6 nitrogen and oxygen atoms in total. The van der Waals surface area contributed by atoms with Crippen LogP contribution in [0.3, 0.4) is 0 Å². The van der Waals surface area contributed by atoms with Gasteiger partial charge < -0.3 is 4.90 Å². The van der Waals surface area contributed by atoms with E-state index in [4.69, 9.17) is 0 Å². The molecule has 1 saturated heterocycles. The number of aromatic nitrogens is 3. The van der Waals surface area contributed by atoms with Gasteiger partial charge in [0.2, 0.25) is 0 Å². The number of pyridine rings is 1. The van der Waals surface area contributed by atoms with Gasteiger partial charge >= 0.3 is 0 Å². The predicted octanol–water partition coefficient (Wildman–Crippen LogP) is 0.623. The second-order valence-electron chi connectivity index (χ2n) is 4.71. The van der Waals surface area contributed by atoms with E-state index in [2.05, 4.69) is 25.5 Å². The van der Waals surface area contributed by atoms with Crippen molar-refractivity contribution < 1.29 is 9.78 Å². The molecule has 3 heterocycles. The summed E-state index contributed by atoms with van der Waals surface area (Å²) in [5.41, 5.74) is 0.721. The average Bonchev–Trinajstić information content (AvgIpc) is 2.94. The van der Waals surface area contributed by atoms with Crippen LogP contribution >= 0.6 is 11.5 Å². The quantitative estimate of drug-likeness (QED) is 0.813. The Kier molecular flexibility index (Phi) is 3.60. The second kappa shape index (κ2) is 5.54. The Morgan fingerprint density at radius 3 is 2.70 bits per heavy atom. The number of aromatic amines is 1. The highest BCUT2D eigenvalue weighted by Gasteiger charge is 2.28. The van der Waals surface area contributed by atoms with Crippen LogP contribution in [-0.2, 0) is 0 Å². The number of aryl methyl sites for hydroxylation is 1. The number of nitrogens with zero attached hydrogens (tertiary/aromatic N) is 4. The van der Waals surface area contributed by atoms with Crippen molar-refractivity contribution in [3.05, 3.63) is 35.0 Å². The summed E-state index contributed by atoms with van der Waals surface area (Å²) in [6.07, 6.45) is 1.92. The number of carbonyl (C=O) groups excluding carboxylic acids is 1. The van der Waals surface area contributed by atoms with Gasteiger partial charge in [0.1, 0.15) is 18.0 Å². The molecule has 1 amide bonds. The lowest BCUT2D eigenvalue weighted by atomic mass is 10.2. The highest BCUT2D eigenvalue weighted by Crippen LogP contribution is 2.16. The molecular formula is C13H16N5OS+. The first-order chi connectivity index (χ1) is 9.75. The molecule has 1 N–H and O–H groups in total. The van der Waals surface area contributed by atoms with Crippen LogP contribution in [0.1, 0.15) is 15.4 Å². The number of rotatable bonds is 2. The summed E-state index contributed by atoms with van der Waals surface area (Å²) in [7, 11) is 0. The maximum Gasteiger partial charge on any atom is 0.274 e. The molecule has 7 heteroatoms. The van der Waals surface area contributed by atoms with Crippen LogP contribution in [-0.4, -0.2) is 46.6 Å². The summed E-state index contributed by atoms with van der Waals surface area (Å²) in [6.45, 7) is 4.93. The lowest BCUT2D eigenvalue weighted by Gasteiger charge is -2.30. The number of carbonyl (C=O) groups is 1. The van der Waals surface area contributed by atoms with E-state index in [-0.39, 0.29) is 5.91 Å². The molecule has 1 aliphatic rings. The number of hydrogen-bond donors (Lipinski definition) is 0. The third-order valence-corrected chi connectivity index (χ3v) is 4.26. The van der Waals surface area contributed by atoms with Crippen molar-refractivity contribution in [1.82, 2.24) is 14.5 Å². The Bertz CT molecular complexity index is 592. The smallest absolute Gasteiger partial charge is 0.274 e. The van der Waals surface area contributed by atoms with E-state index < -0.39 is 0 Å². The number of anilines is 1. The van der Waals surface area contributed by atoms with Gasteiger partial charge in [-0.25, -0.2) is 4.98 Å². The normalized spacial score (nSPS) is 15.4. The van der Waals surface area contributed by atoms with Crippen LogP contribution in [0.5, 0.6) is 0 Å². The van der Waals surface area contributed by atoms with E-state index >= 15 is 0 Å². The van der Waals surface area contributed by atoms with Crippen molar-refractivity contribution in [3.8, 4) is 0 Å². The van der Waals surface area contributed by atoms with Gasteiger partial charge in [-0.3, -0.25) is 9.69 Å². The molecule has 3 rings (SSSR count). The first-order valence-electron chi connectivity index (χ1n) is 6.55. The van der Waals surface area contributed by atoms with Crippen molar-refractivity contribution in [2.75, 3.05) is 31.1 Å². The molecule has 0 saturated carbocycles. The molecule has 0 unspecified atom stereocenters. The van der Waals surface area contributed by atoms with E-state index in [1.165, 1.54) is 11.5 Å². The zero-order chi connectivity index (χ0) is 13.9. The van der Waals surface area contributed by atoms with Gasteiger partial charge in [0.15, 0.2) is 0 Å². The molecule has 2 aromatic heterocycles. The van der Waals surface area contributed by atoms with Crippen molar-refractivity contribution in [1.29, 1.82) is 0 Å². The van der Waals surface area contributed by atoms with Crippen molar-refractivity contribution in [2.45, 2.75) is 6.92 Å². The molecule has 0 spiro atoms. The van der Waals surface area contributed by atoms with E-state index in [1.807, 2.05) is 30.2 Å². The summed E-state index contributed by atoms with van der Waals surface area (Å²) in [5.74, 6) is 1.14. The Hall–Kier alpha value is -2.02. The van der Waals surface area contributed by atoms with Gasteiger partial charge in [0, 0.05) is 6.07 Å². The highest BCUT2D eigenvalue weighted by atomic mass is 32.1. The fourth-order valence-electron chi connectivity index (χ4n) is 2.30. The van der Waals surface area contributed by atoms with Crippen LogP contribution < -0.4 is 9.88 Å². The first kappa shape index (κ1) is 13.0. The lowest BCUT2D eigenvalue weighted by Crippen LogP contribution is -2.50. The van der Waals surface area contributed by atoms with Crippen LogP contribution in [0.2, 0.25) is 0 Å². The van der Waals surface area contributed by atoms with Gasteiger partial charge in [-0.1, -0.05) is 10.6 Å². The molecule has 104 valence electrons. The summed E-state index contributed by atoms with van der Waals surface area (Å²) >= 11 is 1.18. The summed E-state index contributed by atoms with van der Waals surface area (Å²) in [4.78, 5) is 20.4. The van der Waals surface area contributed by atoms with Gasteiger partial charge in [-0.2, -0.15) is 0 Å². The van der Waals surface area contributed by atoms with E-state index in [0.717, 1.165) is 37.7 Å². The first-order valence-corrected chi connectivity index (χ1v) is 7.33. The standard InChI is InChI=1S/C13H15N5OS/c1-10-12(20-16-15-10)13(19)18-8-6-17(7-9-18)11-4-2-3-5-14-11/h2-5H,6-9H2,1H3/p+1. The predicted molar refractivity (Wildman–Crippen MR) is 75.8 cm³/mol. The molecule has 1 aliphatic heterocycles. The molecule has 0 radical (unpaired) electrons. The number of nitrogens with one attached hydrogen (secondary N) is 1. The van der Waals surface area contributed by atoms with Crippen LogP contribution in [0, 0.1) is 6.92 Å². The monoisotopic (exact) mass is 290 g/mol. The lowest BCUT2D eigenvalue weighted by molar-refractivity contribution is -0.364. The number of hydrogen-bond acceptors (Lipinski definition) is 5. The fraction of sp³-hybridized carbons (Fsp3) is 0.385. The zero-order valence-corrected chi connectivity index (χ0v) is 12.1. The maximum absolute atomic E-state index is 12.4. The van der Waals surface area contributed by atoms with Gasteiger partial charge in [-0.15, -0.1) is 5.10 Å². The van der Waals surface area contributed by atoms with Crippen molar-refractivity contribution in [2.24, 2.45) is 0 Å². The van der Waals surface area contributed by atoms with E-state index in [1.54, 1.807) is 0 Å². The minimum Gasteiger partial charge on any atom is -0.330 e. The van der Waals surface area contributed by atoms with Crippen molar-refractivity contribution in [3.63, 3.8) is 0 Å². The molecule has 2 aromatic rings. The molecule has 0 atom stereocenters. The molecule has 0 bridgehead atoms. The minimum absolute atomic E-state index is 0.0502. The fourth-order valence-corrected chi connectivity index (χ4v) is 2.93. The zero-order valence-electron chi connectivity index (χ0n) is 11.2. The van der Waals surface area contributed by atoms with Crippen LogP contribution in [0.25, 0.3) is 0 Å². The van der Waals surface area contributed by atoms with Crippen LogP contribution in [0.4, 0.5) is 5.82 Å². The summed E-state index contributed by atoms with van der Waals surface area (Å²) in [5, 5.41) is 3.90. The minimum atomic E-state index is 0.0502. The Balaban J connectivity index is 1.64. The van der Waals surface area contributed by atoms with Gasteiger partial charge in [0.25, 0.3) is 11.7 Å². The topological polar surface area (TPSA) is 63.5 Å². The van der Waals surface area contributed by atoms with Crippen LogP contribution in [0.15, 0.2) is 24.4 Å². The second-order valence-corrected chi connectivity index (χ2v) is 5.47. The summed E-state index contributed by atoms with van der Waals surface area (Å²) < 4.78 is 3.83. The maximum atomic E-state index is 12.4.